The van der Waals surface area contributed by atoms with Crippen LogP contribution in [0.3, 0.4) is 0 Å². The number of hydrogen-bond donors (Lipinski definition) is 1. The lowest BCUT2D eigenvalue weighted by molar-refractivity contribution is -0.137. The molecular formula is C31H31F3N2O4. The lowest BCUT2D eigenvalue weighted by Gasteiger charge is -2.26. The van der Waals surface area contributed by atoms with E-state index in [1.807, 2.05) is 32.8 Å². The molecule has 1 aliphatic heterocycles. The molecule has 9 heteroatoms. The van der Waals surface area contributed by atoms with Crippen LogP contribution in [-0.4, -0.2) is 37.5 Å². The number of Topliss-reactive ketones (excluding diaryl/α,β-unsaturated/α-hetero) is 1. The summed E-state index contributed by atoms with van der Waals surface area (Å²) < 4.78 is 46.4. The van der Waals surface area contributed by atoms with Crippen LogP contribution in [0.2, 0.25) is 0 Å². The van der Waals surface area contributed by atoms with E-state index in [4.69, 9.17) is 4.74 Å². The SMILES string of the molecule is Cc1cc(/C(O)=C2\C(=O)C(=O)N(c3cccc(C(F)(F)F)c3)C2c2ccc(N(C)C)cc2)ccc1OCC(C)C. The Bertz CT molecular complexity index is 1460. The monoisotopic (exact) mass is 552 g/mol. The van der Waals surface area contributed by atoms with Crippen molar-refractivity contribution in [1.82, 2.24) is 0 Å². The van der Waals surface area contributed by atoms with Crippen molar-refractivity contribution in [2.45, 2.75) is 33.0 Å². The summed E-state index contributed by atoms with van der Waals surface area (Å²) in [5, 5.41) is 11.4. The van der Waals surface area contributed by atoms with Crippen LogP contribution in [0.4, 0.5) is 24.5 Å². The van der Waals surface area contributed by atoms with Crippen molar-refractivity contribution >= 4 is 28.8 Å². The third kappa shape index (κ3) is 5.68. The number of carbonyl (C=O) groups is 2. The number of aliphatic hydroxyl groups excluding tert-OH is 1. The molecule has 1 amide bonds. The Hall–Kier alpha value is -4.27. The number of nitrogens with zero attached hydrogens (tertiary/aromatic N) is 2. The van der Waals surface area contributed by atoms with E-state index in [-0.39, 0.29) is 16.8 Å². The van der Waals surface area contributed by atoms with Crippen molar-refractivity contribution in [3.05, 3.63) is 94.6 Å². The molecule has 1 atom stereocenters. The summed E-state index contributed by atoms with van der Waals surface area (Å²) in [6, 6.07) is 14.9. The van der Waals surface area contributed by atoms with E-state index < -0.39 is 35.2 Å². The van der Waals surface area contributed by atoms with Crippen LogP contribution in [0.5, 0.6) is 5.75 Å². The first-order valence-corrected chi connectivity index (χ1v) is 12.8. The smallest absolute Gasteiger partial charge is 0.416 e. The van der Waals surface area contributed by atoms with Crippen LogP contribution >= 0.6 is 0 Å². The molecule has 0 radical (unpaired) electrons. The molecule has 1 aliphatic rings. The lowest BCUT2D eigenvalue weighted by Crippen LogP contribution is -2.29. The van der Waals surface area contributed by atoms with Gasteiger partial charge in [-0.3, -0.25) is 14.5 Å². The fourth-order valence-electron chi connectivity index (χ4n) is 4.57. The van der Waals surface area contributed by atoms with Gasteiger partial charge in [0.05, 0.1) is 23.8 Å². The molecule has 0 bridgehead atoms. The lowest BCUT2D eigenvalue weighted by atomic mass is 9.94. The van der Waals surface area contributed by atoms with E-state index >= 15 is 0 Å². The van der Waals surface area contributed by atoms with Gasteiger partial charge < -0.3 is 14.7 Å². The van der Waals surface area contributed by atoms with E-state index in [2.05, 4.69) is 0 Å². The number of anilines is 2. The quantitative estimate of drug-likeness (QED) is 0.200. The summed E-state index contributed by atoms with van der Waals surface area (Å²) in [6.07, 6.45) is -4.65. The minimum absolute atomic E-state index is 0.105. The second kappa shape index (κ2) is 11.1. The van der Waals surface area contributed by atoms with Gasteiger partial charge in [-0.2, -0.15) is 13.2 Å². The van der Waals surface area contributed by atoms with Crippen molar-refractivity contribution in [3.63, 3.8) is 0 Å². The Morgan fingerprint density at radius 1 is 1.02 bits per heavy atom. The Balaban J connectivity index is 1.88. The van der Waals surface area contributed by atoms with Crippen LogP contribution in [0, 0.1) is 12.8 Å². The number of alkyl halides is 3. The Kier molecular flexibility index (Phi) is 7.95. The van der Waals surface area contributed by atoms with Crippen molar-refractivity contribution in [2.24, 2.45) is 5.92 Å². The zero-order chi connectivity index (χ0) is 29.4. The van der Waals surface area contributed by atoms with Crippen molar-refractivity contribution < 1.29 is 32.6 Å². The van der Waals surface area contributed by atoms with Gasteiger partial charge in [-0.1, -0.05) is 32.0 Å². The van der Waals surface area contributed by atoms with E-state index in [0.29, 0.717) is 29.4 Å². The van der Waals surface area contributed by atoms with E-state index in [9.17, 15) is 27.9 Å². The summed E-state index contributed by atoms with van der Waals surface area (Å²) in [7, 11) is 3.70. The van der Waals surface area contributed by atoms with Crippen LogP contribution in [0.15, 0.2) is 72.3 Å². The normalized spacial score (nSPS) is 17.0. The standard InChI is InChI=1S/C31H31F3N2O4/c1-18(2)17-40-25-14-11-21(15-19(25)3)28(37)26-27(20-9-12-23(13-10-20)35(4)5)36(30(39)29(26)38)24-8-6-7-22(16-24)31(32,33)34/h6-16,18,27,37H,17H2,1-5H3/b28-26+. The van der Waals surface area contributed by atoms with Crippen molar-refractivity contribution in [3.8, 4) is 5.75 Å². The van der Waals surface area contributed by atoms with Crippen LogP contribution in [-0.2, 0) is 15.8 Å². The highest BCUT2D eigenvalue weighted by atomic mass is 19.4. The molecule has 6 nitrogen and oxygen atoms in total. The molecule has 40 heavy (non-hydrogen) atoms. The van der Waals surface area contributed by atoms with Crippen molar-refractivity contribution in [2.75, 3.05) is 30.5 Å². The molecule has 1 unspecified atom stereocenters. The first-order chi connectivity index (χ1) is 18.8. The molecule has 210 valence electrons. The molecule has 4 rings (SSSR count). The van der Waals surface area contributed by atoms with Gasteiger partial charge in [0.15, 0.2) is 0 Å². The van der Waals surface area contributed by atoms with Crippen molar-refractivity contribution in [1.29, 1.82) is 0 Å². The highest BCUT2D eigenvalue weighted by molar-refractivity contribution is 6.51. The summed E-state index contributed by atoms with van der Waals surface area (Å²) in [6.45, 7) is 6.33. The van der Waals surface area contributed by atoms with Gasteiger partial charge in [0.25, 0.3) is 11.7 Å². The Morgan fingerprint density at radius 2 is 1.70 bits per heavy atom. The number of rotatable bonds is 7. The van der Waals surface area contributed by atoms with Gasteiger partial charge in [0, 0.05) is 31.0 Å². The van der Waals surface area contributed by atoms with Gasteiger partial charge in [-0.05, 0) is 72.5 Å². The maximum Gasteiger partial charge on any atom is 0.416 e. The third-order valence-corrected chi connectivity index (χ3v) is 6.64. The van der Waals surface area contributed by atoms with E-state index in [1.165, 1.54) is 12.1 Å². The number of amides is 1. The third-order valence-electron chi connectivity index (χ3n) is 6.64. The molecule has 1 saturated heterocycles. The second-order valence-corrected chi connectivity index (χ2v) is 10.4. The first-order valence-electron chi connectivity index (χ1n) is 12.8. The predicted molar refractivity (Wildman–Crippen MR) is 149 cm³/mol. The molecule has 1 N–H and O–H groups in total. The van der Waals surface area contributed by atoms with Gasteiger partial charge >= 0.3 is 6.18 Å². The number of ketones is 1. The van der Waals surface area contributed by atoms with Gasteiger partial charge in [0.1, 0.15) is 11.5 Å². The largest absolute Gasteiger partial charge is 0.507 e. The van der Waals surface area contributed by atoms with Gasteiger partial charge in [0.2, 0.25) is 0 Å². The van der Waals surface area contributed by atoms with E-state index in [0.717, 1.165) is 22.7 Å². The Labute approximate surface area is 231 Å². The minimum atomic E-state index is -4.65. The van der Waals surface area contributed by atoms with E-state index in [1.54, 1.807) is 49.4 Å². The number of aryl methyl sites for hydroxylation is 1. The number of halogens is 3. The van der Waals surface area contributed by atoms with Crippen LogP contribution < -0.4 is 14.5 Å². The fourth-order valence-corrected chi connectivity index (χ4v) is 4.57. The highest BCUT2D eigenvalue weighted by Gasteiger charge is 2.47. The first kappa shape index (κ1) is 28.7. The molecule has 0 saturated carbocycles. The minimum Gasteiger partial charge on any atom is -0.507 e. The van der Waals surface area contributed by atoms with Gasteiger partial charge in [-0.25, -0.2) is 0 Å². The molecule has 3 aromatic rings. The number of hydrogen-bond acceptors (Lipinski definition) is 5. The molecule has 1 fully saturated rings. The second-order valence-electron chi connectivity index (χ2n) is 10.4. The summed E-state index contributed by atoms with van der Waals surface area (Å²) in [5.74, 6) is -1.53. The maximum atomic E-state index is 13.5. The zero-order valence-electron chi connectivity index (χ0n) is 22.9. The summed E-state index contributed by atoms with van der Waals surface area (Å²) >= 11 is 0. The molecule has 3 aromatic carbocycles. The highest BCUT2D eigenvalue weighted by Crippen LogP contribution is 2.44. The molecular weight excluding hydrogens is 521 g/mol. The number of carbonyl (C=O) groups excluding carboxylic acids is 2. The van der Waals surface area contributed by atoms with Crippen LogP contribution in [0.25, 0.3) is 5.76 Å². The summed E-state index contributed by atoms with van der Waals surface area (Å²) in [4.78, 5) is 29.6. The number of aliphatic hydroxyl groups is 1. The Morgan fingerprint density at radius 3 is 2.27 bits per heavy atom. The number of ether oxygens (including phenoxy) is 1. The average molecular weight is 553 g/mol. The maximum absolute atomic E-state index is 13.5. The molecule has 0 aliphatic carbocycles. The molecule has 1 heterocycles. The topological polar surface area (TPSA) is 70.1 Å². The van der Waals surface area contributed by atoms with Crippen LogP contribution in [0.1, 0.15) is 42.1 Å². The fraction of sp³-hybridized carbons (Fsp3) is 0.290. The average Bonchev–Trinajstić information content (AvgIpc) is 3.17. The zero-order valence-corrected chi connectivity index (χ0v) is 22.9. The number of benzene rings is 3. The molecule has 0 spiro atoms. The van der Waals surface area contributed by atoms with Gasteiger partial charge in [-0.15, -0.1) is 0 Å². The molecule has 0 aromatic heterocycles. The predicted octanol–water partition coefficient (Wildman–Crippen LogP) is 6.74. The summed E-state index contributed by atoms with van der Waals surface area (Å²) in [5.41, 5.74) is 1.02.